The van der Waals surface area contributed by atoms with Crippen LogP contribution in [-0.4, -0.2) is 51.2 Å². The molecule has 2 aromatic rings. The van der Waals surface area contributed by atoms with Crippen molar-refractivity contribution >= 4 is 17.5 Å². The molecule has 0 spiro atoms. The topological polar surface area (TPSA) is 75.6 Å². The molecule has 26 heavy (non-hydrogen) atoms. The first-order valence-corrected chi connectivity index (χ1v) is 9.01. The lowest BCUT2D eigenvalue weighted by atomic mass is 9.96. The Hall–Kier alpha value is -2.18. The lowest BCUT2D eigenvalue weighted by Gasteiger charge is -2.27. The summed E-state index contributed by atoms with van der Waals surface area (Å²) in [6.07, 6.45) is 6.17. The zero-order valence-corrected chi connectivity index (χ0v) is 15.4. The first-order chi connectivity index (χ1) is 12.5. The monoisotopic (exact) mass is 375 g/mol. The van der Waals surface area contributed by atoms with Crippen LogP contribution >= 0.6 is 11.6 Å². The van der Waals surface area contributed by atoms with E-state index in [1.165, 1.54) is 18.6 Å². The average Bonchev–Trinajstić information content (AvgIpc) is 2.85. The molecule has 1 aromatic carbocycles. The van der Waals surface area contributed by atoms with Gasteiger partial charge in [0.2, 0.25) is 0 Å². The summed E-state index contributed by atoms with van der Waals surface area (Å²) in [4.78, 5) is 22.2. The quantitative estimate of drug-likeness (QED) is 0.889. The third kappa shape index (κ3) is 4.51. The van der Waals surface area contributed by atoms with Crippen LogP contribution < -0.4 is 4.74 Å². The number of halogens is 1. The maximum atomic E-state index is 12.5. The van der Waals surface area contributed by atoms with E-state index in [9.17, 15) is 9.90 Å². The van der Waals surface area contributed by atoms with E-state index in [2.05, 4.69) is 9.97 Å². The Balaban J connectivity index is 1.62. The molecule has 1 amide bonds. The molecule has 0 radical (unpaired) electrons. The number of aryl methyl sites for hydroxylation is 1. The van der Waals surface area contributed by atoms with Crippen molar-refractivity contribution in [3.63, 3.8) is 0 Å². The standard InChI is InChI=1S/C19H22ClN3O3/c1-14-3-4-15(20)17(11-14)26-13-19(25)5-2-9-23(10-6-19)18(24)16-12-21-7-8-22-16/h3-4,7-8,11-12,25H,2,5-6,9-10,13H2,1H3. The van der Waals surface area contributed by atoms with Crippen LogP contribution in [0.25, 0.3) is 0 Å². The van der Waals surface area contributed by atoms with Gasteiger partial charge in [0.25, 0.3) is 5.91 Å². The number of rotatable bonds is 4. The Morgan fingerprint density at radius 3 is 2.96 bits per heavy atom. The number of likely N-dealkylation sites (tertiary alicyclic amines) is 1. The van der Waals surface area contributed by atoms with Crippen LogP contribution in [0, 0.1) is 6.92 Å². The van der Waals surface area contributed by atoms with E-state index in [1.54, 1.807) is 11.0 Å². The molecular formula is C19H22ClN3O3. The summed E-state index contributed by atoms with van der Waals surface area (Å²) < 4.78 is 5.79. The van der Waals surface area contributed by atoms with Gasteiger partial charge < -0.3 is 14.7 Å². The van der Waals surface area contributed by atoms with E-state index in [0.29, 0.717) is 48.8 Å². The molecule has 7 heteroatoms. The van der Waals surface area contributed by atoms with Crippen LogP contribution in [0.1, 0.15) is 35.3 Å². The minimum atomic E-state index is -0.996. The number of carbonyl (C=O) groups is 1. The summed E-state index contributed by atoms with van der Waals surface area (Å²) in [5, 5.41) is 11.4. The Morgan fingerprint density at radius 2 is 2.19 bits per heavy atom. The normalized spacial score (nSPS) is 20.5. The van der Waals surface area contributed by atoms with Gasteiger partial charge in [-0.25, -0.2) is 4.98 Å². The van der Waals surface area contributed by atoms with Crippen molar-refractivity contribution in [2.24, 2.45) is 0 Å². The number of aromatic nitrogens is 2. The lowest BCUT2D eigenvalue weighted by Crippen LogP contribution is -2.38. The van der Waals surface area contributed by atoms with Gasteiger partial charge in [0.1, 0.15) is 23.7 Å². The minimum Gasteiger partial charge on any atom is -0.489 e. The summed E-state index contributed by atoms with van der Waals surface area (Å²) in [6.45, 7) is 3.11. The van der Waals surface area contributed by atoms with Gasteiger partial charge in [-0.1, -0.05) is 17.7 Å². The van der Waals surface area contributed by atoms with E-state index in [4.69, 9.17) is 16.3 Å². The minimum absolute atomic E-state index is 0.142. The number of hydrogen-bond acceptors (Lipinski definition) is 5. The molecule has 1 unspecified atom stereocenters. The third-order valence-corrected chi connectivity index (χ3v) is 4.88. The van der Waals surface area contributed by atoms with Gasteiger partial charge in [0.05, 0.1) is 11.2 Å². The highest BCUT2D eigenvalue weighted by Crippen LogP contribution is 2.29. The van der Waals surface area contributed by atoms with Crippen molar-refractivity contribution in [3.05, 3.63) is 53.1 Å². The van der Waals surface area contributed by atoms with E-state index in [0.717, 1.165) is 5.56 Å². The molecule has 1 N–H and O–H groups in total. The van der Waals surface area contributed by atoms with Crippen LogP contribution in [0.2, 0.25) is 5.02 Å². The highest BCUT2D eigenvalue weighted by atomic mass is 35.5. The second-order valence-electron chi connectivity index (χ2n) is 6.68. The summed E-state index contributed by atoms with van der Waals surface area (Å²) >= 11 is 6.15. The maximum Gasteiger partial charge on any atom is 0.274 e. The molecule has 1 aromatic heterocycles. The molecule has 1 aliphatic rings. The van der Waals surface area contributed by atoms with Crippen molar-refractivity contribution in [2.45, 2.75) is 31.8 Å². The van der Waals surface area contributed by atoms with Crippen LogP contribution in [0.15, 0.2) is 36.8 Å². The van der Waals surface area contributed by atoms with Gasteiger partial charge in [-0.2, -0.15) is 0 Å². The second kappa shape index (κ2) is 8.01. The summed E-state index contributed by atoms with van der Waals surface area (Å²) in [5.41, 5.74) is 0.364. The predicted molar refractivity (Wildman–Crippen MR) is 98.4 cm³/mol. The van der Waals surface area contributed by atoms with Gasteiger partial charge in [0, 0.05) is 25.5 Å². The van der Waals surface area contributed by atoms with Crippen molar-refractivity contribution in [2.75, 3.05) is 19.7 Å². The number of ether oxygens (including phenoxy) is 1. The fourth-order valence-corrected chi connectivity index (χ4v) is 3.20. The van der Waals surface area contributed by atoms with Crippen LogP contribution in [0.5, 0.6) is 5.75 Å². The number of hydrogen-bond donors (Lipinski definition) is 1. The summed E-state index contributed by atoms with van der Waals surface area (Å²) in [7, 11) is 0. The summed E-state index contributed by atoms with van der Waals surface area (Å²) in [5.74, 6) is 0.404. The van der Waals surface area contributed by atoms with Crippen molar-refractivity contribution in [1.29, 1.82) is 0 Å². The zero-order chi connectivity index (χ0) is 18.6. The largest absolute Gasteiger partial charge is 0.489 e. The van der Waals surface area contributed by atoms with Gasteiger partial charge in [-0.3, -0.25) is 9.78 Å². The summed E-state index contributed by atoms with van der Waals surface area (Å²) in [6, 6.07) is 5.54. The Morgan fingerprint density at radius 1 is 1.35 bits per heavy atom. The molecule has 6 nitrogen and oxygen atoms in total. The average molecular weight is 376 g/mol. The molecular weight excluding hydrogens is 354 g/mol. The van der Waals surface area contributed by atoms with Gasteiger partial charge in [-0.15, -0.1) is 0 Å². The van der Waals surface area contributed by atoms with Crippen molar-refractivity contribution in [1.82, 2.24) is 14.9 Å². The number of nitrogens with zero attached hydrogens (tertiary/aromatic N) is 3. The van der Waals surface area contributed by atoms with Gasteiger partial charge in [-0.05, 0) is 43.9 Å². The Labute approximate surface area is 157 Å². The second-order valence-corrected chi connectivity index (χ2v) is 7.09. The highest BCUT2D eigenvalue weighted by Gasteiger charge is 2.33. The highest BCUT2D eigenvalue weighted by molar-refractivity contribution is 6.32. The Bertz CT molecular complexity index is 772. The van der Waals surface area contributed by atoms with Crippen molar-refractivity contribution in [3.8, 4) is 5.75 Å². The van der Waals surface area contributed by atoms with E-state index >= 15 is 0 Å². The van der Waals surface area contributed by atoms with Gasteiger partial charge >= 0.3 is 0 Å². The molecule has 1 saturated heterocycles. The Kier molecular flexibility index (Phi) is 5.74. The number of carbonyl (C=O) groups excluding carboxylic acids is 1. The smallest absolute Gasteiger partial charge is 0.274 e. The molecule has 2 heterocycles. The number of amides is 1. The number of benzene rings is 1. The molecule has 0 saturated carbocycles. The molecule has 138 valence electrons. The molecule has 0 aliphatic carbocycles. The predicted octanol–water partition coefficient (Wildman–Crippen LogP) is 2.87. The van der Waals surface area contributed by atoms with Crippen molar-refractivity contribution < 1.29 is 14.6 Å². The van der Waals surface area contributed by atoms with E-state index < -0.39 is 5.60 Å². The van der Waals surface area contributed by atoms with Gasteiger partial charge in [0.15, 0.2) is 0 Å². The fraction of sp³-hybridized carbons (Fsp3) is 0.421. The molecule has 0 bridgehead atoms. The van der Waals surface area contributed by atoms with E-state index in [1.807, 2.05) is 19.1 Å². The molecule has 1 fully saturated rings. The molecule has 3 rings (SSSR count). The first kappa shape index (κ1) is 18.6. The zero-order valence-electron chi connectivity index (χ0n) is 14.7. The van der Waals surface area contributed by atoms with E-state index in [-0.39, 0.29) is 12.5 Å². The van der Waals surface area contributed by atoms with Crippen LogP contribution in [-0.2, 0) is 0 Å². The molecule has 1 atom stereocenters. The molecule has 1 aliphatic heterocycles. The SMILES string of the molecule is Cc1ccc(Cl)c(OCC2(O)CCCN(C(=O)c3cnccn3)CC2)c1. The van der Waals surface area contributed by atoms with Crippen LogP contribution in [0.3, 0.4) is 0 Å². The lowest BCUT2D eigenvalue weighted by molar-refractivity contribution is -0.0163. The van der Waals surface area contributed by atoms with Crippen LogP contribution in [0.4, 0.5) is 0 Å². The maximum absolute atomic E-state index is 12.5. The first-order valence-electron chi connectivity index (χ1n) is 8.63. The third-order valence-electron chi connectivity index (χ3n) is 4.57. The number of aliphatic hydroxyl groups is 1. The fourth-order valence-electron chi connectivity index (χ4n) is 3.03.